The molecule has 3 rings (SSSR count). The van der Waals surface area contributed by atoms with Crippen molar-refractivity contribution in [1.29, 1.82) is 0 Å². The maximum absolute atomic E-state index is 13.3. The van der Waals surface area contributed by atoms with Crippen molar-refractivity contribution < 1.29 is 19.3 Å². The van der Waals surface area contributed by atoms with Gasteiger partial charge >= 0.3 is 0 Å². The van der Waals surface area contributed by atoms with E-state index in [9.17, 15) is 15.2 Å². The molecule has 0 bridgehead atoms. The molecule has 0 unspecified atom stereocenters. The second kappa shape index (κ2) is 9.15. The molecule has 8 heteroatoms. The van der Waals surface area contributed by atoms with Crippen LogP contribution in [-0.2, 0) is 0 Å². The third-order valence-electron chi connectivity index (χ3n) is 4.30. The van der Waals surface area contributed by atoms with E-state index in [0.29, 0.717) is 17.0 Å². The van der Waals surface area contributed by atoms with Gasteiger partial charge in [-0.3, -0.25) is 10.1 Å². The minimum Gasteiger partial charge on any atom is -0.867 e. The van der Waals surface area contributed by atoms with Gasteiger partial charge in [-0.15, -0.1) is 0 Å². The topological polar surface area (TPSA) is 91.3 Å². The van der Waals surface area contributed by atoms with Gasteiger partial charge in [-0.05, 0) is 48.6 Å². The number of non-ortho nitro benzene ring substituents is 1. The molecule has 2 aromatic carbocycles. The fraction of sp³-hybridized carbons (Fsp3) is 0.0909. The van der Waals surface area contributed by atoms with Crippen LogP contribution < -0.4 is 19.7 Å². The number of pyridine rings is 1. The molecule has 0 spiro atoms. The molecule has 152 valence electrons. The van der Waals surface area contributed by atoms with Crippen LogP contribution in [0.15, 0.2) is 73.1 Å². The summed E-state index contributed by atoms with van der Waals surface area (Å²) < 4.78 is 6.87. The Morgan fingerprint density at radius 1 is 1.13 bits per heavy atom. The van der Waals surface area contributed by atoms with Crippen LogP contribution in [0.5, 0.6) is 5.75 Å². The minimum absolute atomic E-state index is 0.0895. The normalized spacial score (nSPS) is 11.4. The van der Waals surface area contributed by atoms with Crippen molar-refractivity contribution in [2.45, 2.75) is 6.92 Å². The van der Waals surface area contributed by atoms with E-state index in [0.717, 1.165) is 5.56 Å². The number of rotatable bonds is 6. The van der Waals surface area contributed by atoms with Gasteiger partial charge in [0.05, 0.1) is 12.0 Å². The van der Waals surface area contributed by atoms with Crippen LogP contribution in [0, 0.1) is 17.0 Å². The molecule has 0 radical (unpaired) electrons. The van der Waals surface area contributed by atoms with Crippen LogP contribution in [0.3, 0.4) is 0 Å². The Morgan fingerprint density at radius 2 is 1.87 bits per heavy atom. The van der Waals surface area contributed by atoms with E-state index < -0.39 is 4.92 Å². The summed E-state index contributed by atoms with van der Waals surface area (Å²) in [4.78, 5) is 10.6. The first-order chi connectivity index (χ1) is 14.4. The molecule has 3 aromatic rings. The van der Waals surface area contributed by atoms with Crippen molar-refractivity contribution in [3.63, 3.8) is 0 Å². The predicted molar refractivity (Wildman–Crippen MR) is 117 cm³/mol. The number of ether oxygens (including phenoxy) is 1. The van der Waals surface area contributed by atoms with Gasteiger partial charge in [-0.1, -0.05) is 18.3 Å². The summed E-state index contributed by atoms with van der Waals surface area (Å²) in [5, 5.41) is 27.3. The molecular formula is C22H19N3O4S. The summed E-state index contributed by atoms with van der Waals surface area (Å²) in [5.74, 6) is 0.287. The number of thiocarbonyl (C=S) groups is 1. The lowest BCUT2D eigenvalue weighted by atomic mass is 10.1. The first kappa shape index (κ1) is 20.9. The number of nitrogens with one attached hydrogen (secondary N) is 1. The molecule has 0 aliphatic heterocycles. The van der Waals surface area contributed by atoms with Gasteiger partial charge in [-0.25, -0.2) is 0 Å². The zero-order valence-electron chi connectivity index (χ0n) is 16.4. The molecule has 0 aliphatic rings. The van der Waals surface area contributed by atoms with Crippen LogP contribution in [0.4, 0.5) is 11.4 Å². The monoisotopic (exact) mass is 421 g/mol. The zero-order valence-corrected chi connectivity index (χ0v) is 17.2. The number of anilines is 1. The molecule has 0 atom stereocenters. The number of hydrogen-bond acceptors (Lipinski definition) is 5. The molecule has 7 nitrogen and oxygen atoms in total. The van der Waals surface area contributed by atoms with Crippen molar-refractivity contribution in [3.8, 4) is 5.75 Å². The van der Waals surface area contributed by atoms with Gasteiger partial charge in [0.2, 0.25) is 5.70 Å². The smallest absolute Gasteiger partial charge is 0.269 e. The average Bonchev–Trinajstić information content (AvgIpc) is 2.74. The molecule has 0 amide bonds. The Morgan fingerprint density at radius 3 is 2.50 bits per heavy atom. The van der Waals surface area contributed by atoms with E-state index in [-0.39, 0.29) is 22.1 Å². The Bertz CT molecular complexity index is 1130. The molecule has 1 N–H and O–H groups in total. The largest absolute Gasteiger partial charge is 0.867 e. The minimum atomic E-state index is -0.511. The van der Waals surface area contributed by atoms with E-state index in [2.05, 4.69) is 5.32 Å². The lowest BCUT2D eigenvalue weighted by Gasteiger charge is -2.17. The molecule has 0 fully saturated rings. The van der Waals surface area contributed by atoms with E-state index in [1.54, 1.807) is 42.3 Å². The first-order valence-electron chi connectivity index (χ1n) is 8.99. The van der Waals surface area contributed by atoms with Gasteiger partial charge in [-0.2, -0.15) is 4.57 Å². The van der Waals surface area contributed by atoms with Gasteiger partial charge in [0, 0.05) is 35.5 Å². The van der Waals surface area contributed by atoms with Crippen LogP contribution in [0.2, 0.25) is 0 Å². The molecule has 1 heterocycles. The molecule has 1 aromatic heterocycles. The quantitative estimate of drug-likeness (QED) is 0.164. The fourth-order valence-corrected chi connectivity index (χ4v) is 3.15. The third-order valence-corrected chi connectivity index (χ3v) is 4.60. The molecule has 0 saturated heterocycles. The van der Waals surface area contributed by atoms with Crippen molar-refractivity contribution in [1.82, 2.24) is 0 Å². The number of nitro benzene ring substituents is 1. The van der Waals surface area contributed by atoms with E-state index in [4.69, 9.17) is 17.0 Å². The summed E-state index contributed by atoms with van der Waals surface area (Å²) in [6.45, 7) is 1.91. The fourth-order valence-electron chi connectivity index (χ4n) is 2.83. The lowest BCUT2D eigenvalue weighted by molar-refractivity contribution is -0.578. The number of nitrogens with zero attached hydrogens (tertiary/aromatic N) is 2. The zero-order chi connectivity index (χ0) is 21.7. The van der Waals surface area contributed by atoms with Crippen molar-refractivity contribution in [3.05, 3.63) is 94.3 Å². The molecular weight excluding hydrogens is 402 g/mol. The van der Waals surface area contributed by atoms with Crippen LogP contribution >= 0.6 is 12.2 Å². The Labute approximate surface area is 179 Å². The number of benzene rings is 2. The predicted octanol–water partition coefficient (Wildman–Crippen LogP) is 3.32. The van der Waals surface area contributed by atoms with Crippen LogP contribution in [0.25, 0.3) is 11.5 Å². The van der Waals surface area contributed by atoms with Crippen LogP contribution in [-0.4, -0.2) is 17.0 Å². The maximum Gasteiger partial charge on any atom is 0.269 e. The van der Waals surface area contributed by atoms with E-state index in [1.807, 2.05) is 25.1 Å². The van der Waals surface area contributed by atoms with Gasteiger partial charge in [0.1, 0.15) is 5.75 Å². The highest BCUT2D eigenvalue weighted by Crippen LogP contribution is 2.21. The number of methoxy groups -OCH3 is 1. The Hall–Kier alpha value is -3.78. The summed E-state index contributed by atoms with van der Waals surface area (Å²) in [6, 6.07) is 16.3. The lowest BCUT2D eigenvalue weighted by Crippen LogP contribution is -2.40. The standard InChI is InChI=1S/C22H19N3O4S/c1-15-5-4-12-24(14-15)20(21(26)16-8-10-18(11-9-16)25(27)28)22(30)23-17-6-3-7-19(13-17)29-2/h3-14H,1-2H3,(H-,23,26,30). The Balaban J connectivity index is 2.06. The van der Waals surface area contributed by atoms with Crippen LogP contribution in [0.1, 0.15) is 11.1 Å². The van der Waals surface area contributed by atoms with Crippen molar-refractivity contribution in [2.24, 2.45) is 0 Å². The summed E-state index contributed by atoms with van der Waals surface area (Å²) in [6.07, 6.45) is 3.52. The van der Waals surface area contributed by atoms with Gasteiger partial charge < -0.3 is 15.2 Å². The first-order valence-corrected chi connectivity index (χ1v) is 9.39. The number of aryl methyl sites for hydroxylation is 1. The molecule has 0 aliphatic carbocycles. The average molecular weight is 421 g/mol. The van der Waals surface area contributed by atoms with E-state index >= 15 is 0 Å². The number of hydrogen-bond donors (Lipinski definition) is 1. The summed E-state index contributed by atoms with van der Waals surface area (Å²) in [5.41, 5.74) is 2.04. The number of nitro groups is 1. The highest BCUT2D eigenvalue weighted by molar-refractivity contribution is 7.81. The third kappa shape index (κ3) is 4.79. The van der Waals surface area contributed by atoms with Crippen molar-refractivity contribution >= 4 is 40.0 Å². The van der Waals surface area contributed by atoms with Gasteiger partial charge in [0.15, 0.2) is 17.4 Å². The Kier molecular flexibility index (Phi) is 6.38. The highest BCUT2D eigenvalue weighted by atomic mass is 32.1. The summed E-state index contributed by atoms with van der Waals surface area (Å²) >= 11 is 5.57. The molecule has 0 saturated carbocycles. The second-order valence-electron chi connectivity index (χ2n) is 6.46. The summed E-state index contributed by atoms with van der Waals surface area (Å²) in [7, 11) is 1.57. The number of aromatic nitrogens is 1. The van der Waals surface area contributed by atoms with E-state index in [1.165, 1.54) is 24.3 Å². The van der Waals surface area contributed by atoms with Crippen molar-refractivity contribution in [2.75, 3.05) is 12.4 Å². The van der Waals surface area contributed by atoms with Gasteiger partial charge in [0.25, 0.3) is 5.69 Å². The highest BCUT2D eigenvalue weighted by Gasteiger charge is 2.20. The molecule has 30 heavy (non-hydrogen) atoms. The second-order valence-corrected chi connectivity index (χ2v) is 6.86. The maximum atomic E-state index is 13.3. The SMILES string of the molecule is COc1cccc(NC(=S)C(=C([O-])c2ccc([N+](=O)[O-])cc2)[n+]2cccc(C)c2)c1.